The predicted octanol–water partition coefficient (Wildman–Crippen LogP) is 3.16. The molecule has 0 amide bonds. The molecule has 2 aromatic heterocycles. The molecule has 1 aromatic carbocycles. The van der Waals surface area contributed by atoms with Gasteiger partial charge in [0.05, 0.1) is 30.5 Å². The Bertz CT molecular complexity index is 1090. The van der Waals surface area contributed by atoms with Crippen LogP contribution in [0.2, 0.25) is 0 Å². The van der Waals surface area contributed by atoms with Crippen molar-refractivity contribution in [2.24, 2.45) is 0 Å². The third kappa shape index (κ3) is 6.40. The lowest BCUT2D eigenvalue weighted by atomic mass is 10.1. The van der Waals surface area contributed by atoms with Gasteiger partial charge in [-0.15, -0.1) is 0 Å². The second-order valence-electron chi connectivity index (χ2n) is 7.08. The second kappa shape index (κ2) is 10.9. The van der Waals surface area contributed by atoms with E-state index in [0.29, 0.717) is 31.0 Å². The third-order valence-corrected chi connectivity index (χ3v) is 4.73. The van der Waals surface area contributed by atoms with Gasteiger partial charge in [0.2, 0.25) is 0 Å². The zero-order valence-electron chi connectivity index (χ0n) is 18.1. The highest BCUT2D eigenvalue weighted by molar-refractivity contribution is 5.87. The molecule has 3 aromatic rings. The number of hydrogen-bond acceptors (Lipinski definition) is 9. The van der Waals surface area contributed by atoms with Crippen LogP contribution in [0.25, 0.3) is 0 Å². The van der Waals surface area contributed by atoms with E-state index in [1.54, 1.807) is 48.5 Å². The van der Waals surface area contributed by atoms with Crippen molar-refractivity contribution in [1.29, 1.82) is 0 Å². The lowest BCUT2D eigenvalue weighted by molar-refractivity contribution is -0.384. The molecule has 0 unspecified atom stereocenters. The minimum atomic E-state index is -0.536. The zero-order valence-corrected chi connectivity index (χ0v) is 18.1. The van der Waals surface area contributed by atoms with E-state index in [2.05, 4.69) is 9.97 Å². The second-order valence-corrected chi connectivity index (χ2v) is 7.08. The van der Waals surface area contributed by atoms with Crippen LogP contribution in [0.4, 0.5) is 5.69 Å². The maximum atomic E-state index is 11.8. The van der Waals surface area contributed by atoms with Gasteiger partial charge in [0.25, 0.3) is 5.69 Å². The van der Waals surface area contributed by atoms with Gasteiger partial charge < -0.3 is 9.47 Å². The maximum Gasteiger partial charge on any atom is 0.356 e. The first kappa shape index (κ1) is 23.5. The van der Waals surface area contributed by atoms with E-state index in [4.69, 9.17) is 9.47 Å². The smallest absolute Gasteiger partial charge is 0.356 e. The summed E-state index contributed by atoms with van der Waals surface area (Å²) in [7, 11) is 2.58. The Labute approximate surface area is 190 Å². The molecule has 0 saturated heterocycles. The molecule has 0 saturated carbocycles. The van der Waals surface area contributed by atoms with E-state index < -0.39 is 16.9 Å². The number of hydrogen-bond donors (Lipinski definition) is 0. The van der Waals surface area contributed by atoms with Crippen molar-refractivity contribution in [3.05, 3.63) is 99.1 Å². The molecule has 170 valence electrons. The molecule has 2 heterocycles. The Morgan fingerprint density at radius 3 is 1.73 bits per heavy atom. The average molecular weight is 450 g/mol. The number of ether oxygens (including phenoxy) is 2. The minimum Gasteiger partial charge on any atom is -0.464 e. The van der Waals surface area contributed by atoms with E-state index in [1.807, 2.05) is 4.90 Å². The van der Waals surface area contributed by atoms with Crippen LogP contribution in [0.1, 0.15) is 37.9 Å². The summed E-state index contributed by atoms with van der Waals surface area (Å²) in [6, 6.07) is 16.4. The number of rotatable bonds is 9. The van der Waals surface area contributed by atoms with Crippen LogP contribution in [0.3, 0.4) is 0 Å². The van der Waals surface area contributed by atoms with Crippen molar-refractivity contribution in [3.63, 3.8) is 0 Å². The van der Waals surface area contributed by atoms with Crippen LogP contribution in [0.15, 0.2) is 60.7 Å². The summed E-state index contributed by atoms with van der Waals surface area (Å²) in [5.74, 6) is -1.07. The van der Waals surface area contributed by atoms with Gasteiger partial charge in [0.1, 0.15) is 11.4 Å². The van der Waals surface area contributed by atoms with Gasteiger partial charge in [-0.3, -0.25) is 15.0 Å². The monoisotopic (exact) mass is 450 g/mol. The highest BCUT2D eigenvalue weighted by atomic mass is 16.6. The van der Waals surface area contributed by atoms with E-state index in [-0.39, 0.29) is 17.1 Å². The molecule has 0 N–H and O–H groups in total. The molecule has 0 aliphatic rings. The number of esters is 2. The summed E-state index contributed by atoms with van der Waals surface area (Å²) < 4.78 is 9.48. The fourth-order valence-electron chi connectivity index (χ4n) is 3.18. The van der Waals surface area contributed by atoms with Crippen molar-refractivity contribution in [2.45, 2.75) is 19.6 Å². The first-order valence-corrected chi connectivity index (χ1v) is 9.93. The number of aromatic nitrogens is 2. The number of carbonyl (C=O) groups excluding carboxylic acids is 2. The van der Waals surface area contributed by atoms with Gasteiger partial charge in [-0.2, -0.15) is 0 Å². The number of nitro groups is 1. The van der Waals surface area contributed by atoms with Crippen molar-refractivity contribution in [3.8, 4) is 0 Å². The van der Waals surface area contributed by atoms with Gasteiger partial charge in [-0.1, -0.05) is 24.3 Å². The zero-order chi connectivity index (χ0) is 23.8. The fourth-order valence-corrected chi connectivity index (χ4v) is 3.18. The largest absolute Gasteiger partial charge is 0.464 e. The van der Waals surface area contributed by atoms with E-state index in [1.165, 1.54) is 26.4 Å². The molecule has 3 rings (SSSR count). The molecule has 33 heavy (non-hydrogen) atoms. The van der Waals surface area contributed by atoms with Gasteiger partial charge in [0, 0.05) is 31.8 Å². The predicted molar refractivity (Wildman–Crippen MR) is 117 cm³/mol. The normalized spacial score (nSPS) is 10.6. The number of pyridine rings is 2. The van der Waals surface area contributed by atoms with E-state index in [9.17, 15) is 19.7 Å². The van der Waals surface area contributed by atoms with Crippen LogP contribution < -0.4 is 0 Å². The molecule has 10 nitrogen and oxygen atoms in total. The molecule has 0 atom stereocenters. The van der Waals surface area contributed by atoms with Gasteiger partial charge >= 0.3 is 11.9 Å². The van der Waals surface area contributed by atoms with Crippen molar-refractivity contribution in [2.75, 3.05) is 14.2 Å². The van der Waals surface area contributed by atoms with Crippen LogP contribution in [-0.2, 0) is 29.1 Å². The molecule has 10 heteroatoms. The van der Waals surface area contributed by atoms with E-state index >= 15 is 0 Å². The van der Waals surface area contributed by atoms with Crippen molar-refractivity contribution >= 4 is 17.6 Å². The minimum absolute atomic E-state index is 0.00481. The molecule has 0 aliphatic carbocycles. The molecule has 0 bridgehead atoms. The van der Waals surface area contributed by atoms with E-state index in [0.717, 1.165) is 5.56 Å². The number of carbonyl (C=O) groups is 2. The lowest BCUT2D eigenvalue weighted by Crippen LogP contribution is -2.24. The molecular formula is C23H22N4O6. The first-order chi connectivity index (χ1) is 15.9. The maximum absolute atomic E-state index is 11.8. The summed E-state index contributed by atoms with van der Waals surface area (Å²) >= 11 is 0. The van der Waals surface area contributed by atoms with Crippen LogP contribution in [0.5, 0.6) is 0 Å². The molecule has 0 radical (unpaired) electrons. The van der Waals surface area contributed by atoms with Gasteiger partial charge in [0.15, 0.2) is 0 Å². The molecular weight excluding hydrogens is 428 g/mol. The quantitative estimate of drug-likeness (QED) is 0.274. The summed E-state index contributed by atoms with van der Waals surface area (Å²) in [6.45, 7) is 1.13. The Morgan fingerprint density at radius 2 is 1.30 bits per heavy atom. The van der Waals surface area contributed by atoms with Crippen LogP contribution in [0, 0.1) is 10.1 Å². The summed E-state index contributed by atoms with van der Waals surface area (Å²) in [6.07, 6.45) is 0. The SMILES string of the molecule is COC(=O)c1cccc(CN(Cc2ccc([N+](=O)[O-])cc2)Cc2cccc(C(=O)OC)n2)n1. The Morgan fingerprint density at radius 1 is 0.818 bits per heavy atom. The summed E-state index contributed by atoms with van der Waals surface area (Å²) in [4.78, 5) is 44.9. The fraction of sp³-hybridized carbons (Fsp3) is 0.217. The van der Waals surface area contributed by atoms with Crippen molar-refractivity contribution in [1.82, 2.24) is 14.9 Å². The highest BCUT2D eigenvalue weighted by Gasteiger charge is 2.15. The highest BCUT2D eigenvalue weighted by Crippen LogP contribution is 2.17. The standard InChI is InChI=1S/C23H22N4O6/c1-32-22(28)20-7-3-5-17(24-20)14-26(13-16-9-11-19(12-10-16)27(30)31)15-18-6-4-8-21(25-18)23(29)33-2/h3-12H,13-15H2,1-2H3. The lowest BCUT2D eigenvalue weighted by Gasteiger charge is -2.22. The number of nitrogens with zero attached hydrogens (tertiary/aromatic N) is 4. The number of benzene rings is 1. The Hall–Kier alpha value is -4.18. The molecule has 0 fully saturated rings. The number of non-ortho nitro benzene ring substituents is 1. The van der Waals surface area contributed by atoms with Crippen LogP contribution in [-0.4, -0.2) is 45.9 Å². The third-order valence-electron chi connectivity index (χ3n) is 4.73. The number of methoxy groups -OCH3 is 2. The van der Waals surface area contributed by atoms with Crippen LogP contribution >= 0.6 is 0 Å². The molecule has 0 spiro atoms. The van der Waals surface area contributed by atoms with Gasteiger partial charge in [-0.25, -0.2) is 19.6 Å². The molecule has 0 aliphatic heterocycles. The Kier molecular flexibility index (Phi) is 7.77. The average Bonchev–Trinajstić information content (AvgIpc) is 2.83. The summed E-state index contributed by atoms with van der Waals surface area (Å²) in [5, 5.41) is 10.9. The summed E-state index contributed by atoms with van der Waals surface area (Å²) in [5.41, 5.74) is 2.49. The topological polar surface area (TPSA) is 125 Å². The van der Waals surface area contributed by atoms with Gasteiger partial charge in [-0.05, 0) is 29.8 Å². The Balaban J connectivity index is 1.86. The number of nitro benzene ring substituents is 1. The van der Waals surface area contributed by atoms with Crippen molar-refractivity contribution < 1.29 is 24.0 Å². The first-order valence-electron chi connectivity index (χ1n) is 9.93.